The van der Waals surface area contributed by atoms with Crippen LogP contribution < -0.4 is 0 Å². The number of fused-ring (bicyclic) bond motifs is 1. The van der Waals surface area contributed by atoms with Crippen LogP contribution in [-0.4, -0.2) is 44.9 Å². The van der Waals surface area contributed by atoms with E-state index in [1.807, 2.05) is 24.3 Å². The lowest BCUT2D eigenvalue weighted by Gasteiger charge is -2.35. The van der Waals surface area contributed by atoms with Gasteiger partial charge in [-0.3, -0.25) is 9.59 Å². The fraction of sp³-hybridized carbons (Fsp3) is 0.429. The van der Waals surface area contributed by atoms with E-state index in [9.17, 15) is 19.5 Å². The smallest absolute Gasteiger partial charge is 0.417 e. The molecule has 0 aliphatic rings. The number of phenolic OH excluding ortho intramolecular Hbond substituents is 1. The number of hydrogen-bond acceptors (Lipinski definition) is 7. The average molecular weight is 511 g/mol. The van der Waals surface area contributed by atoms with Crippen molar-refractivity contribution in [2.45, 2.75) is 61.0 Å². The number of hydrogen-bond donors (Lipinski definition) is 1. The molecule has 0 bridgehead atoms. The van der Waals surface area contributed by atoms with E-state index >= 15 is 0 Å². The van der Waals surface area contributed by atoms with E-state index < -0.39 is 28.4 Å². The van der Waals surface area contributed by atoms with E-state index in [0.717, 1.165) is 15.1 Å². The number of ether oxygens (including phenoxy) is 1. The number of benzene rings is 2. The van der Waals surface area contributed by atoms with E-state index in [1.54, 1.807) is 67.5 Å². The average Bonchev–Trinajstić information content (AvgIpc) is 3.18. The van der Waals surface area contributed by atoms with Gasteiger partial charge in [0.1, 0.15) is 22.1 Å². The zero-order valence-electron chi connectivity index (χ0n) is 22.1. The van der Waals surface area contributed by atoms with Crippen molar-refractivity contribution in [1.82, 2.24) is 9.88 Å². The number of para-hydroxylation sites is 1. The summed E-state index contributed by atoms with van der Waals surface area (Å²) in [5, 5.41) is 11.4. The third-order valence-corrected chi connectivity index (χ3v) is 6.55. The first-order chi connectivity index (χ1) is 16.5. The van der Waals surface area contributed by atoms with Crippen LogP contribution in [0.25, 0.3) is 20.8 Å². The summed E-state index contributed by atoms with van der Waals surface area (Å²) in [6, 6.07) is 12.1. The number of aromatic nitrogens is 1. The van der Waals surface area contributed by atoms with E-state index in [2.05, 4.69) is 4.98 Å². The van der Waals surface area contributed by atoms with Crippen molar-refractivity contribution in [2.75, 3.05) is 6.54 Å². The van der Waals surface area contributed by atoms with Crippen LogP contribution in [0.5, 0.6) is 5.75 Å². The lowest BCUT2D eigenvalue weighted by Crippen LogP contribution is -2.49. The topological polar surface area (TPSA) is 96.8 Å². The molecule has 1 heterocycles. The quantitative estimate of drug-likeness (QED) is 0.411. The maximum Gasteiger partial charge on any atom is 0.417 e. The molecule has 0 spiro atoms. The second-order valence-corrected chi connectivity index (χ2v) is 12.6. The molecule has 36 heavy (non-hydrogen) atoms. The normalized spacial score (nSPS) is 12.4. The number of rotatable bonds is 5. The maximum absolute atomic E-state index is 13.6. The lowest BCUT2D eigenvalue weighted by atomic mass is 9.74. The number of imide groups is 1. The molecule has 7 nitrogen and oxygen atoms in total. The van der Waals surface area contributed by atoms with Gasteiger partial charge in [-0.25, -0.2) is 14.7 Å². The van der Waals surface area contributed by atoms with Gasteiger partial charge in [-0.05, 0) is 51.1 Å². The van der Waals surface area contributed by atoms with Crippen LogP contribution in [0.2, 0.25) is 0 Å². The Morgan fingerprint density at radius 2 is 1.61 bits per heavy atom. The molecular weight excluding hydrogens is 476 g/mol. The number of Topliss-reactive ketones (excluding diaryl/α,β-unsaturated/α-hetero) is 1. The van der Waals surface area contributed by atoms with Crippen LogP contribution in [0.3, 0.4) is 0 Å². The molecule has 192 valence electrons. The first kappa shape index (κ1) is 27.3. The maximum atomic E-state index is 13.6. The summed E-state index contributed by atoms with van der Waals surface area (Å²) >= 11 is 1.43. The highest BCUT2D eigenvalue weighted by Crippen LogP contribution is 2.36. The van der Waals surface area contributed by atoms with Gasteiger partial charge in [-0.2, -0.15) is 0 Å². The van der Waals surface area contributed by atoms with E-state index in [0.29, 0.717) is 10.6 Å². The minimum absolute atomic E-state index is 0.0922. The number of thiazole rings is 1. The van der Waals surface area contributed by atoms with Crippen molar-refractivity contribution in [1.29, 1.82) is 0 Å². The van der Waals surface area contributed by atoms with Gasteiger partial charge < -0.3 is 9.84 Å². The number of nitrogens with zero attached hydrogens (tertiary/aromatic N) is 2. The Morgan fingerprint density at radius 1 is 0.972 bits per heavy atom. The van der Waals surface area contributed by atoms with Crippen LogP contribution in [0.1, 0.15) is 65.7 Å². The molecule has 1 N–H and O–H groups in total. The number of carbonyl (C=O) groups excluding carboxylic acids is 3. The predicted molar refractivity (Wildman–Crippen MR) is 142 cm³/mol. The highest BCUT2D eigenvalue weighted by molar-refractivity contribution is 7.21. The van der Waals surface area contributed by atoms with E-state index in [4.69, 9.17) is 4.74 Å². The predicted octanol–water partition coefficient (Wildman–Crippen LogP) is 6.69. The Balaban J connectivity index is 1.97. The summed E-state index contributed by atoms with van der Waals surface area (Å²) in [5.41, 5.74) is -1.12. The van der Waals surface area contributed by atoms with Crippen LogP contribution in [0.4, 0.5) is 4.79 Å². The van der Waals surface area contributed by atoms with Gasteiger partial charge >= 0.3 is 6.09 Å². The third-order valence-electron chi connectivity index (χ3n) is 5.48. The number of phenols is 1. The van der Waals surface area contributed by atoms with Gasteiger partial charge in [0.05, 0.1) is 15.8 Å². The fourth-order valence-corrected chi connectivity index (χ4v) is 5.01. The number of ketones is 1. The van der Waals surface area contributed by atoms with Crippen molar-refractivity contribution in [3.05, 3.63) is 48.0 Å². The molecule has 0 saturated heterocycles. The highest BCUT2D eigenvalue weighted by atomic mass is 32.1. The minimum atomic E-state index is -1.02. The van der Waals surface area contributed by atoms with E-state index in [-0.39, 0.29) is 23.6 Å². The van der Waals surface area contributed by atoms with Crippen LogP contribution in [0.15, 0.2) is 42.5 Å². The second-order valence-electron chi connectivity index (χ2n) is 11.6. The molecule has 0 radical (unpaired) electrons. The molecule has 2 aromatic carbocycles. The van der Waals surface area contributed by atoms with Gasteiger partial charge in [-0.15, -0.1) is 11.3 Å². The Kier molecular flexibility index (Phi) is 7.33. The van der Waals surface area contributed by atoms with Crippen molar-refractivity contribution in [3.8, 4) is 16.3 Å². The SMILES string of the molecule is CC(C)(C)OC(=O)N(CC(C)(C)C(=O)C(C)(C)C)C(=O)c1ccc(-c2nc3ccccc3s2)c(O)c1. The molecule has 0 unspecified atom stereocenters. The first-order valence-corrected chi connectivity index (χ1v) is 12.6. The van der Waals surface area contributed by atoms with Gasteiger partial charge in [0.2, 0.25) is 0 Å². The van der Waals surface area contributed by atoms with E-state index in [1.165, 1.54) is 17.4 Å². The zero-order valence-corrected chi connectivity index (χ0v) is 22.9. The number of carbonyl (C=O) groups is 3. The second kappa shape index (κ2) is 9.65. The lowest BCUT2D eigenvalue weighted by molar-refractivity contribution is -0.135. The molecule has 3 rings (SSSR count). The molecule has 8 heteroatoms. The Bertz CT molecular complexity index is 1280. The van der Waals surface area contributed by atoms with Crippen molar-refractivity contribution >= 4 is 39.3 Å². The van der Waals surface area contributed by atoms with Crippen LogP contribution in [-0.2, 0) is 9.53 Å². The fourth-order valence-electron chi connectivity index (χ4n) is 4.01. The summed E-state index contributed by atoms with van der Waals surface area (Å²) in [4.78, 5) is 45.2. The summed E-state index contributed by atoms with van der Waals surface area (Å²) in [7, 11) is 0. The Morgan fingerprint density at radius 3 is 2.17 bits per heavy atom. The van der Waals surface area contributed by atoms with Gasteiger partial charge in [0, 0.05) is 22.9 Å². The molecule has 0 atom stereocenters. The molecule has 0 fully saturated rings. The Hall–Kier alpha value is -3.26. The molecule has 2 amide bonds. The van der Waals surface area contributed by atoms with Crippen LogP contribution >= 0.6 is 11.3 Å². The molecule has 0 aliphatic heterocycles. The molecular formula is C28H34N2O5S. The standard InChI is InChI=1S/C28H34N2O5S/c1-26(2,3)24(33)28(7,8)16-30(25(34)35-27(4,5)6)23(32)17-13-14-18(20(31)15-17)22-29-19-11-9-10-12-21(19)36-22/h9-15,31H,16H2,1-8H3. The summed E-state index contributed by atoms with van der Waals surface area (Å²) in [6.45, 7) is 13.8. The number of amides is 2. The van der Waals surface area contributed by atoms with Gasteiger partial charge in [-0.1, -0.05) is 46.8 Å². The van der Waals surface area contributed by atoms with Crippen molar-refractivity contribution in [2.24, 2.45) is 10.8 Å². The first-order valence-electron chi connectivity index (χ1n) is 11.8. The Labute approximate surface area is 216 Å². The largest absolute Gasteiger partial charge is 0.507 e. The zero-order chi connectivity index (χ0) is 27.1. The summed E-state index contributed by atoms with van der Waals surface area (Å²) in [6.07, 6.45) is -0.850. The van der Waals surface area contributed by atoms with Crippen molar-refractivity contribution in [3.63, 3.8) is 0 Å². The molecule has 1 aromatic heterocycles. The van der Waals surface area contributed by atoms with Crippen molar-refractivity contribution < 1.29 is 24.2 Å². The molecule has 3 aromatic rings. The molecule has 0 aliphatic carbocycles. The monoisotopic (exact) mass is 510 g/mol. The highest BCUT2D eigenvalue weighted by Gasteiger charge is 2.41. The van der Waals surface area contributed by atoms with Gasteiger partial charge in [0.15, 0.2) is 0 Å². The number of aromatic hydroxyl groups is 1. The molecule has 0 saturated carbocycles. The minimum Gasteiger partial charge on any atom is -0.507 e. The van der Waals surface area contributed by atoms with Gasteiger partial charge in [0.25, 0.3) is 5.91 Å². The third kappa shape index (κ3) is 6.10. The summed E-state index contributed by atoms with van der Waals surface area (Å²) in [5.74, 6) is -0.885. The summed E-state index contributed by atoms with van der Waals surface area (Å²) < 4.78 is 6.48. The van der Waals surface area contributed by atoms with Crippen LogP contribution in [0, 0.1) is 10.8 Å².